The van der Waals surface area contributed by atoms with Crippen LogP contribution < -0.4 is 11.3 Å². The van der Waals surface area contributed by atoms with E-state index in [0.29, 0.717) is 17.7 Å². The summed E-state index contributed by atoms with van der Waals surface area (Å²) < 4.78 is 40.4. The Morgan fingerprint density at radius 3 is 2.21 bits per heavy atom. The van der Waals surface area contributed by atoms with Crippen LogP contribution >= 0.6 is 0 Å². The maximum atomic E-state index is 13.8. The van der Waals surface area contributed by atoms with Gasteiger partial charge in [0.05, 0.1) is 6.04 Å². The molecule has 3 N–H and O–H groups in total. The van der Waals surface area contributed by atoms with E-state index in [1.807, 2.05) is 13.0 Å². The van der Waals surface area contributed by atoms with Gasteiger partial charge in [0.1, 0.15) is 17.5 Å². The van der Waals surface area contributed by atoms with Crippen molar-refractivity contribution >= 4 is 0 Å². The first-order chi connectivity index (χ1) is 9.02. The van der Waals surface area contributed by atoms with Crippen LogP contribution in [0.4, 0.5) is 13.2 Å². The van der Waals surface area contributed by atoms with E-state index < -0.39 is 23.5 Å². The Balaban J connectivity index is 2.54. The smallest absolute Gasteiger partial charge is 0.134 e. The van der Waals surface area contributed by atoms with E-state index in [0.717, 1.165) is 5.56 Å². The van der Waals surface area contributed by atoms with Crippen molar-refractivity contribution in [3.8, 4) is 0 Å². The lowest BCUT2D eigenvalue weighted by molar-refractivity contribution is 0.492. The van der Waals surface area contributed by atoms with E-state index in [1.165, 1.54) is 0 Å². The molecule has 1 atom stereocenters. The van der Waals surface area contributed by atoms with Crippen LogP contribution in [0.1, 0.15) is 22.7 Å². The molecule has 2 rings (SSSR count). The summed E-state index contributed by atoms with van der Waals surface area (Å²) in [5.41, 5.74) is 3.60. The Labute approximate surface area is 109 Å². The van der Waals surface area contributed by atoms with Gasteiger partial charge in [0.15, 0.2) is 0 Å². The molecule has 0 aliphatic carbocycles. The molecule has 100 valence electrons. The fraction of sp³-hybridized carbons (Fsp3) is 0.143. The topological polar surface area (TPSA) is 38.0 Å². The maximum absolute atomic E-state index is 13.8. The Kier molecular flexibility index (Phi) is 3.87. The van der Waals surface area contributed by atoms with Gasteiger partial charge in [-0.05, 0) is 12.5 Å². The lowest BCUT2D eigenvalue weighted by atomic mass is 9.97. The maximum Gasteiger partial charge on any atom is 0.134 e. The van der Waals surface area contributed by atoms with E-state index in [-0.39, 0.29) is 5.56 Å². The molecule has 0 aromatic heterocycles. The monoisotopic (exact) mass is 266 g/mol. The molecule has 0 aliphatic heterocycles. The first kappa shape index (κ1) is 13.6. The molecule has 1 unspecified atom stereocenters. The van der Waals surface area contributed by atoms with Gasteiger partial charge in [-0.1, -0.05) is 29.8 Å². The van der Waals surface area contributed by atoms with Crippen LogP contribution in [0.15, 0.2) is 36.4 Å². The zero-order valence-electron chi connectivity index (χ0n) is 10.3. The van der Waals surface area contributed by atoms with Gasteiger partial charge in [0.2, 0.25) is 0 Å². The molecule has 0 saturated heterocycles. The summed E-state index contributed by atoms with van der Waals surface area (Å²) in [5.74, 6) is 2.49. The third kappa shape index (κ3) is 2.77. The highest BCUT2D eigenvalue weighted by Crippen LogP contribution is 2.27. The van der Waals surface area contributed by atoms with Crippen molar-refractivity contribution in [1.29, 1.82) is 0 Å². The van der Waals surface area contributed by atoms with Gasteiger partial charge in [0.25, 0.3) is 0 Å². The number of aryl methyl sites for hydroxylation is 1. The fourth-order valence-corrected chi connectivity index (χ4v) is 2.03. The third-order valence-electron chi connectivity index (χ3n) is 2.87. The highest BCUT2D eigenvalue weighted by Gasteiger charge is 2.22. The molecule has 5 heteroatoms. The van der Waals surface area contributed by atoms with Crippen molar-refractivity contribution in [3.63, 3.8) is 0 Å². The summed E-state index contributed by atoms with van der Waals surface area (Å²) >= 11 is 0. The van der Waals surface area contributed by atoms with Gasteiger partial charge in [0, 0.05) is 17.7 Å². The van der Waals surface area contributed by atoms with Gasteiger partial charge in [-0.2, -0.15) is 0 Å². The molecular weight excluding hydrogens is 253 g/mol. The highest BCUT2D eigenvalue weighted by atomic mass is 19.1. The molecule has 2 aromatic carbocycles. The number of nitrogens with one attached hydrogen (secondary N) is 1. The number of hydrazine groups is 1. The van der Waals surface area contributed by atoms with E-state index in [4.69, 9.17) is 5.84 Å². The number of halogens is 3. The van der Waals surface area contributed by atoms with Gasteiger partial charge in [-0.3, -0.25) is 5.84 Å². The van der Waals surface area contributed by atoms with Crippen LogP contribution in [0.2, 0.25) is 0 Å². The quantitative estimate of drug-likeness (QED) is 0.662. The number of nitrogens with two attached hydrogens (primary N) is 1. The number of hydrogen-bond donors (Lipinski definition) is 2. The van der Waals surface area contributed by atoms with Crippen LogP contribution in [0.3, 0.4) is 0 Å². The summed E-state index contributed by atoms with van der Waals surface area (Å²) in [6, 6.07) is 7.47. The van der Waals surface area contributed by atoms with Crippen molar-refractivity contribution in [1.82, 2.24) is 5.43 Å². The van der Waals surface area contributed by atoms with Crippen molar-refractivity contribution in [3.05, 3.63) is 70.5 Å². The Morgan fingerprint density at radius 2 is 1.68 bits per heavy atom. The van der Waals surface area contributed by atoms with Gasteiger partial charge < -0.3 is 0 Å². The van der Waals surface area contributed by atoms with Crippen molar-refractivity contribution in [2.24, 2.45) is 5.84 Å². The van der Waals surface area contributed by atoms with E-state index in [2.05, 4.69) is 5.43 Å². The first-order valence-corrected chi connectivity index (χ1v) is 5.70. The highest BCUT2D eigenvalue weighted by molar-refractivity contribution is 5.35. The number of hydrogen-bond acceptors (Lipinski definition) is 2. The molecule has 0 spiro atoms. The Bertz CT molecular complexity index is 576. The SMILES string of the molecule is Cc1cccc(C(NN)c2c(F)cc(F)cc2F)c1. The molecule has 2 aromatic rings. The van der Waals surface area contributed by atoms with Gasteiger partial charge in [-0.15, -0.1) is 0 Å². The minimum atomic E-state index is -0.970. The van der Waals surface area contributed by atoms with Crippen molar-refractivity contribution in [2.45, 2.75) is 13.0 Å². The van der Waals surface area contributed by atoms with E-state index in [9.17, 15) is 13.2 Å². The first-order valence-electron chi connectivity index (χ1n) is 5.70. The molecule has 0 aliphatic rings. The predicted molar refractivity (Wildman–Crippen MR) is 66.7 cm³/mol. The predicted octanol–water partition coefficient (Wildman–Crippen LogP) is 2.97. The zero-order valence-corrected chi connectivity index (χ0v) is 10.3. The average molecular weight is 266 g/mol. The zero-order chi connectivity index (χ0) is 14.0. The van der Waals surface area contributed by atoms with Gasteiger partial charge in [-0.25, -0.2) is 18.6 Å². The van der Waals surface area contributed by atoms with Crippen LogP contribution in [-0.4, -0.2) is 0 Å². The number of rotatable bonds is 3. The molecule has 0 saturated carbocycles. The second-order valence-electron chi connectivity index (χ2n) is 4.30. The molecular formula is C14H13F3N2. The fourth-order valence-electron chi connectivity index (χ4n) is 2.03. The molecule has 19 heavy (non-hydrogen) atoms. The lowest BCUT2D eigenvalue weighted by Crippen LogP contribution is -2.30. The Hall–Kier alpha value is -1.85. The van der Waals surface area contributed by atoms with Crippen molar-refractivity contribution < 1.29 is 13.2 Å². The van der Waals surface area contributed by atoms with Crippen molar-refractivity contribution in [2.75, 3.05) is 0 Å². The molecule has 0 radical (unpaired) electrons. The molecule has 0 bridgehead atoms. The van der Waals surface area contributed by atoms with Crippen LogP contribution in [0, 0.1) is 24.4 Å². The Morgan fingerprint density at radius 1 is 1.05 bits per heavy atom. The van der Waals surface area contributed by atoms with Crippen LogP contribution in [0.5, 0.6) is 0 Å². The summed E-state index contributed by atoms with van der Waals surface area (Å²) in [7, 11) is 0. The standard InChI is InChI=1S/C14H13F3N2/c1-8-3-2-4-9(5-8)14(19-18)13-11(16)6-10(15)7-12(13)17/h2-7,14,19H,18H2,1H3. The minimum absolute atomic E-state index is 0.297. The molecule has 0 fully saturated rings. The summed E-state index contributed by atoms with van der Waals surface area (Å²) in [4.78, 5) is 0. The van der Waals surface area contributed by atoms with Gasteiger partial charge >= 0.3 is 0 Å². The van der Waals surface area contributed by atoms with E-state index in [1.54, 1.807) is 18.2 Å². The molecule has 2 nitrogen and oxygen atoms in total. The average Bonchev–Trinajstić information content (AvgIpc) is 2.33. The minimum Gasteiger partial charge on any atom is -0.271 e. The van der Waals surface area contributed by atoms with Crippen LogP contribution in [-0.2, 0) is 0 Å². The van der Waals surface area contributed by atoms with Crippen LogP contribution in [0.25, 0.3) is 0 Å². The second-order valence-corrected chi connectivity index (χ2v) is 4.30. The lowest BCUT2D eigenvalue weighted by Gasteiger charge is -2.18. The third-order valence-corrected chi connectivity index (χ3v) is 2.87. The summed E-state index contributed by atoms with van der Waals surface area (Å²) in [5, 5.41) is 0. The number of benzene rings is 2. The molecule has 0 amide bonds. The van der Waals surface area contributed by atoms with E-state index >= 15 is 0 Å². The normalized spacial score (nSPS) is 12.5. The summed E-state index contributed by atoms with van der Waals surface area (Å²) in [6.45, 7) is 1.86. The second kappa shape index (κ2) is 5.42. The summed E-state index contributed by atoms with van der Waals surface area (Å²) in [6.07, 6.45) is 0. The molecule has 0 heterocycles. The largest absolute Gasteiger partial charge is 0.271 e.